The standard InChI is InChI=1S/C27H38N2O4S/c1-5-11-28(16-22(30)18-32-13-6-2)17-27(31)29-12-9-26-23(10-14-34-26)24(29)19-33-25-8-7-20(3)15-21(25)4/h6-8,10,14-15,22,24,30H,2,5,9,11-13,16-19H2,1,3-4H3/t22-,24-/m0/s1. The van der Waals surface area contributed by atoms with E-state index in [-0.39, 0.29) is 25.1 Å². The van der Waals surface area contributed by atoms with Crippen LogP contribution < -0.4 is 4.74 Å². The van der Waals surface area contributed by atoms with E-state index in [0.29, 0.717) is 26.3 Å². The minimum Gasteiger partial charge on any atom is -0.491 e. The van der Waals surface area contributed by atoms with E-state index in [4.69, 9.17) is 9.47 Å². The number of hydrogen-bond acceptors (Lipinski definition) is 6. The van der Waals surface area contributed by atoms with Gasteiger partial charge in [0.25, 0.3) is 0 Å². The predicted molar refractivity (Wildman–Crippen MR) is 138 cm³/mol. The van der Waals surface area contributed by atoms with E-state index >= 15 is 0 Å². The van der Waals surface area contributed by atoms with Crippen LogP contribution in [0, 0.1) is 13.8 Å². The molecule has 0 radical (unpaired) electrons. The van der Waals surface area contributed by atoms with Crippen molar-refractivity contribution in [3.05, 3.63) is 63.9 Å². The molecule has 0 saturated carbocycles. The summed E-state index contributed by atoms with van der Waals surface area (Å²) in [6, 6.07) is 8.18. The summed E-state index contributed by atoms with van der Waals surface area (Å²) >= 11 is 1.75. The van der Waals surface area contributed by atoms with Gasteiger partial charge in [0.2, 0.25) is 5.91 Å². The molecule has 0 saturated heterocycles. The Morgan fingerprint density at radius 3 is 2.94 bits per heavy atom. The molecule has 2 aromatic rings. The van der Waals surface area contributed by atoms with Gasteiger partial charge in [0.15, 0.2) is 0 Å². The minimum absolute atomic E-state index is 0.0683. The first-order valence-corrected chi connectivity index (χ1v) is 13.0. The fraction of sp³-hybridized carbons (Fsp3) is 0.519. The first kappa shape index (κ1) is 26.4. The van der Waals surface area contributed by atoms with Crippen molar-refractivity contribution in [1.29, 1.82) is 0 Å². The van der Waals surface area contributed by atoms with Crippen molar-refractivity contribution in [2.45, 2.75) is 45.8 Å². The maximum Gasteiger partial charge on any atom is 0.237 e. The second-order valence-electron chi connectivity index (χ2n) is 8.95. The molecular weight excluding hydrogens is 448 g/mol. The molecule has 1 N–H and O–H groups in total. The van der Waals surface area contributed by atoms with Crippen molar-refractivity contribution in [1.82, 2.24) is 9.80 Å². The number of benzene rings is 1. The lowest BCUT2D eigenvalue weighted by molar-refractivity contribution is -0.136. The van der Waals surface area contributed by atoms with Crippen LogP contribution in [0.15, 0.2) is 42.3 Å². The van der Waals surface area contributed by atoms with Crippen LogP contribution in [-0.4, -0.2) is 72.9 Å². The van der Waals surface area contributed by atoms with E-state index in [0.717, 1.165) is 30.7 Å². The quantitative estimate of drug-likeness (QED) is 0.341. The Bertz CT molecular complexity index is 944. The minimum atomic E-state index is -0.646. The summed E-state index contributed by atoms with van der Waals surface area (Å²) < 4.78 is 11.6. The zero-order chi connectivity index (χ0) is 24.5. The van der Waals surface area contributed by atoms with Crippen LogP contribution >= 0.6 is 11.3 Å². The Kier molecular flexibility index (Phi) is 10.1. The summed E-state index contributed by atoms with van der Waals surface area (Å²) in [7, 11) is 0. The highest BCUT2D eigenvalue weighted by Gasteiger charge is 2.33. The fourth-order valence-corrected chi connectivity index (χ4v) is 5.40. The molecule has 6 nitrogen and oxygen atoms in total. The van der Waals surface area contributed by atoms with Gasteiger partial charge < -0.3 is 19.5 Å². The van der Waals surface area contributed by atoms with Gasteiger partial charge in [-0.3, -0.25) is 9.69 Å². The summed E-state index contributed by atoms with van der Waals surface area (Å²) in [5.41, 5.74) is 3.49. The van der Waals surface area contributed by atoms with Gasteiger partial charge in [-0.15, -0.1) is 17.9 Å². The number of aryl methyl sites for hydroxylation is 2. The van der Waals surface area contributed by atoms with Gasteiger partial charge in [-0.1, -0.05) is 30.7 Å². The molecule has 0 fully saturated rings. The summed E-state index contributed by atoms with van der Waals surface area (Å²) in [4.78, 5) is 18.8. The first-order chi connectivity index (χ1) is 16.4. The summed E-state index contributed by atoms with van der Waals surface area (Å²) in [6.45, 7) is 13.0. The zero-order valence-corrected chi connectivity index (χ0v) is 21.5. The van der Waals surface area contributed by atoms with Gasteiger partial charge in [-0.05, 0) is 61.9 Å². The maximum absolute atomic E-state index is 13.5. The summed E-state index contributed by atoms with van der Waals surface area (Å²) in [6.07, 6.45) is 2.79. The van der Waals surface area contributed by atoms with Crippen LogP contribution in [0.1, 0.15) is 41.0 Å². The molecule has 0 bridgehead atoms. The van der Waals surface area contributed by atoms with Crippen LogP contribution in [0.5, 0.6) is 5.75 Å². The Morgan fingerprint density at radius 2 is 2.21 bits per heavy atom. The van der Waals surface area contributed by atoms with Gasteiger partial charge in [-0.25, -0.2) is 0 Å². The third kappa shape index (κ3) is 7.15. The molecule has 3 rings (SSSR count). The third-order valence-corrected chi connectivity index (χ3v) is 7.05. The smallest absolute Gasteiger partial charge is 0.237 e. The van der Waals surface area contributed by atoms with Crippen molar-refractivity contribution in [2.75, 3.05) is 46.0 Å². The SMILES string of the molecule is C=CCOC[C@@H](O)CN(CCC)CC(=O)N1CCc2sccc2[C@@H]1COc1ccc(C)cc1C. The Labute approximate surface area is 207 Å². The van der Waals surface area contributed by atoms with E-state index in [1.807, 2.05) is 15.9 Å². The second-order valence-corrected chi connectivity index (χ2v) is 9.95. The topological polar surface area (TPSA) is 62.2 Å². The molecule has 1 aliphatic rings. The Balaban J connectivity index is 1.69. The van der Waals surface area contributed by atoms with Gasteiger partial charge in [0, 0.05) is 18.0 Å². The van der Waals surface area contributed by atoms with Crippen LogP contribution in [0.2, 0.25) is 0 Å². The molecule has 1 aromatic carbocycles. The number of hydrogen-bond donors (Lipinski definition) is 1. The number of ether oxygens (including phenoxy) is 2. The van der Waals surface area contributed by atoms with Crippen LogP contribution in [0.25, 0.3) is 0 Å². The van der Waals surface area contributed by atoms with Crippen molar-refractivity contribution < 1.29 is 19.4 Å². The lowest BCUT2D eigenvalue weighted by atomic mass is 10.00. The van der Waals surface area contributed by atoms with Crippen LogP contribution in [0.4, 0.5) is 0 Å². The van der Waals surface area contributed by atoms with Gasteiger partial charge in [0.05, 0.1) is 31.9 Å². The van der Waals surface area contributed by atoms with Gasteiger partial charge >= 0.3 is 0 Å². The average Bonchev–Trinajstić information content (AvgIpc) is 3.28. The first-order valence-electron chi connectivity index (χ1n) is 12.1. The van der Waals surface area contributed by atoms with Crippen LogP contribution in [0.3, 0.4) is 0 Å². The largest absolute Gasteiger partial charge is 0.491 e. The van der Waals surface area contributed by atoms with E-state index in [1.165, 1.54) is 16.0 Å². The molecule has 2 heterocycles. The maximum atomic E-state index is 13.5. The highest BCUT2D eigenvalue weighted by atomic mass is 32.1. The highest BCUT2D eigenvalue weighted by Crippen LogP contribution is 2.34. The van der Waals surface area contributed by atoms with E-state index in [9.17, 15) is 9.90 Å². The van der Waals surface area contributed by atoms with Gasteiger partial charge in [0.1, 0.15) is 12.4 Å². The number of fused-ring (bicyclic) bond motifs is 1. The average molecular weight is 487 g/mol. The molecule has 0 spiro atoms. The molecule has 0 unspecified atom stereocenters. The second kappa shape index (κ2) is 13.0. The third-order valence-electron chi connectivity index (χ3n) is 6.06. The van der Waals surface area contributed by atoms with E-state index < -0.39 is 6.10 Å². The monoisotopic (exact) mass is 486 g/mol. The number of thiophene rings is 1. The number of rotatable bonds is 13. The van der Waals surface area contributed by atoms with Gasteiger partial charge in [-0.2, -0.15) is 0 Å². The van der Waals surface area contributed by atoms with E-state index in [1.54, 1.807) is 17.4 Å². The molecule has 1 aromatic heterocycles. The predicted octanol–water partition coefficient (Wildman–Crippen LogP) is 4.15. The summed E-state index contributed by atoms with van der Waals surface area (Å²) in [5, 5.41) is 12.5. The molecule has 186 valence electrons. The molecule has 0 aliphatic carbocycles. The molecule has 1 amide bonds. The fourth-order valence-electron chi connectivity index (χ4n) is 4.48. The van der Waals surface area contributed by atoms with Crippen molar-refractivity contribution in [3.63, 3.8) is 0 Å². The molecular formula is C27H38N2O4S. The number of carbonyl (C=O) groups is 1. The van der Waals surface area contributed by atoms with Crippen molar-refractivity contribution in [2.24, 2.45) is 0 Å². The summed E-state index contributed by atoms with van der Waals surface area (Å²) in [5.74, 6) is 0.925. The van der Waals surface area contributed by atoms with Crippen molar-refractivity contribution >= 4 is 17.2 Å². The normalized spacial score (nSPS) is 16.4. The zero-order valence-electron chi connectivity index (χ0n) is 20.7. The lowest BCUT2D eigenvalue weighted by Crippen LogP contribution is -2.48. The van der Waals surface area contributed by atoms with E-state index in [2.05, 4.69) is 50.9 Å². The number of nitrogens with zero attached hydrogens (tertiary/aromatic N) is 2. The Hall–Kier alpha value is -2.19. The Morgan fingerprint density at radius 1 is 1.38 bits per heavy atom. The van der Waals surface area contributed by atoms with Crippen molar-refractivity contribution in [3.8, 4) is 5.75 Å². The lowest BCUT2D eigenvalue weighted by Gasteiger charge is -2.37. The molecule has 2 atom stereocenters. The molecule has 1 aliphatic heterocycles. The molecule has 34 heavy (non-hydrogen) atoms. The number of aliphatic hydroxyl groups is 1. The number of aliphatic hydroxyl groups excluding tert-OH is 1. The van der Waals surface area contributed by atoms with Crippen LogP contribution in [-0.2, 0) is 16.0 Å². The highest BCUT2D eigenvalue weighted by molar-refractivity contribution is 7.10. The molecule has 7 heteroatoms. The number of amides is 1. The number of carbonyl (C=O) groups excluding carboxylic acids is 1.